The molecule has 4 rings (SSSR count). The van der Waals surface area contributed by atoms with Gasteiger partial charge in [-0.05, 0) is 25.8 Å². The average Bonchev–Trinajstić information content (AvgIpc) is 2.63. The van der Waals surface area contributed by atoms with E-state index in [-0.39, 0.29) is 36.0 Å². The lowest BCUT2D eigenvalue weighted by molar-refractivity contribution is -0.112. The van der Waals surface area contributed by atoms with Crippen LogP contribution >= 0.6 is 0 Å². The molecule has 1 aromatic heterocycles. The summed E-state index contributed by atoms with van der Waals surface area (Å²) in [5.74, 6) is -0.0660. The first-order valence-electron chi connectivity index (χ1n) is 8.91. The summed E-state index contributed by atoms with van der Waals surface area (Å²) in [6.45, 7) is 5.15. The fourth-order valence-electron chi connectivity index (χ4n) is 3.64. The third-order valence-corrected chi connectivity index (χ3v) is 5.06. The van der Waals surface area contributed by atoms with Crippen LogP contribution in [0, 0.1) is 6.92 Å². The van der Waals surface area contributed by atoms with Crippen molar-refractivity contribution >= 4 is 5.91 Å². The summed E-state index contributed by atoms with van der Waals surface area (Å²) in [5, 5.41) is 0. The maximum atomic E-state index is 13.2. The normalized spacial score (nSPS) is 21.9. The van der Waals surface area contributed by atoms with Crippen molar-refractivity contribution in [2.75, 3.05) is 6.61 Å². The van der Waals surface area contributed by atoms with E-state index in [2.05, 4.69) is 0 Å². The average molecular weight is 354 g/mol. The highest BCUT2D eigenvalue weighted by atomic mass is 16.5. The molecule has 3 heterocycles. The maximum absolute atomic E-state index is 13.2. The number of carbonyl (C=O) groups excluding carboxylic acids is 1. The van der Waals surface area contributed by atoms with Crippen LogP contribution in [-0.2, 0) is 17.9 Å². The lowest BCUT2D eigenvalue weighted by Crippen LogP contribution is -2.57. The molecule has 0 bridgehead atoms. The van der Waals surface area contributed by atoms with Crippen LogP contribution < -0.4 is 10.2 Å². The molecule has 1 amide bonds. The molecule has 6 nitrogen and oxygen atoms in total. The Balaban J connectivity index is 1.74. The van der Waals surface area contributed by atoms with Crippen molar-refractivity contribution in [3.8, 4) is 5.75 Å². The highest BCUT2D eigenvalue weighted by Crippen LogP contribution is 2.30. The van der Waals surface area contributed by atoms with E-state index in [9.17, 15) is 9.59 Å². The number of rotatable bonds is 3. The van der Waals surface area contributed by atoms with Crippen LogP contribution in [0.15, 0.2) is 41.3 Å². The fraction of sp³-hybridized carbons (Fsp3) is 0.400. The fourth-order valence-corrected chi connectivity index (χ4v) is 3.64. The van der Waals surface area contributed by atoms with Gasteiger partial charge in [0.1, 0.15) is 6.61 Å². The lowest BCUT2D eigenvalue weighted by atomic mass is 10.1. The summed E-state index contributed by atoms with van der Waals surface area (Å²) in [7, 11) is 0. The molecule has 0 unspecified atom stereocenters. The van der Waals surface area contributed by atoms with Crippen LogP contribution in [0.1, 0.15) is 35.0 Å². The lowest BCUT2D eigenvalue weighted by Gasteiger charge is -2.44. The van der Waals surface area contributed by atoms with Crippen molar-refractivity contribution in [1.82, 2.24) is 9.47 Å². The van der Waals surface area contributed by atoms with E-state index in [0.717, 1.165) is 12.0 Å². The zero-order valence-corrected chi connectivity index (χ0v) is 15.0. The van der Waals surface area contributed by atoms with Crippen LogP contribution in [0.4, 0.5) is 0 Å². The summed E-state index contributed by atoms with van der Waals surface area (Å²) in [6, 6.07) is 9.69. The smallest absolute Gasteiger partial charge is 0.276 e. The second kappa shape index (κ2) is 6.61. The second-order valence-electron chi connectivity index (χ2n) is 6.92. The van der Waals surface area contributed by atoms with Gasteiger partial charge in [-0.3, -0.25) is 9.59 Å². The Labute approximate surface area is 152 Å². The van der Waals surface area contributed by atoms with Crippen molar-refractivity contribution in [3.63, 3.8) is 0 Å². The predicted octanol–water partition coefficient (Wildman–Crippen LogP) is 2.33. The Kier molecular flexibility index (Phi) is 4.28. The largest absolute Gasteiger partial charge is 0.483 e. The van der Waals surface area contributed by atoms with Gasteiger partial charge in [-0.2, -0.15) is 0 Å². The molecule has 0 aliphatic carbocycles. The molecule has 1 aromatic carbocycles. The molecular formula is C20H22N2O4. The third-order valence-electron chi connectivity index (χ3n) is 5.06. The van der Waals surface area contributed by atoms with E-state index < -0.39 is 0 Å². The molecule has 2 aliphatic rings. The number of ether oxygens (including phenoxy) is 2. The maximum Gasteiger partial charge on any atom is 0.276 e. The second-order valence-corrected chi connectivity index (χ2v) is 6.92. The number of hydrogen-bond acceptors (Lipinski definition) is 4. The number of nitrogens with zero attached hydrogens (tertiary/aromatic N) is 2. The standard InChI is InChI=1S/C20H22N2O4/c1-13-10-21-11-16-22(14(2)8-9-25-16)20(24)17(21)19(18(13)23)26-12-15-6-4-3-5-7-15/h3-7,10,14,16H,8-9,11-12H2,1-2H3/t14-,16+/m1/s1. The minimum Gasteiger partial charge on any atom is -0.483 e. The zero-order valence-electron chi connectivity index (χ0n) is 15.0. The topological polar surface area (TPSA) is 60.8 Å². The van der Waals surface area contributed by atoms with Crippen LogP contribution in [0.5, 0.6) is 5.75 Å². The minimum atomic E-state index is -0.289. The van der Waals surface area contributed by atoms with Gasteiger partial charge < -0.3 is 18.9 Å². The van der Waals surface area contributed by atoms with Crippen LogP contribution in [-0.4, -0.2) is 34.3 Å². The molecule has 0 radical (unpaired) electrons. The van der Waals surface area contributed by atoms with E-state index in [1.807, 2.05) is 37.3 Å². The molecule has 2 aromatic rings. The first-order valence-corrected chi connectivity index (χ1v) is 8.91. The number of fused-ring (bicyclic) bond motifs is 2. The quantitative estimate of drug-likeness (QED) is 0.849. The monoisotopic (exact) mass is 354 g/mol. The Hall–Kier alpha value is -2.60. The van der Waals surface area contributed by atoms with Crippen molar-refractivity contribution in [1.29, 1.82) is 0 Å². The highest BCUT2D eigenvalue weighted by molar-refractivity contribution is 5.96. The molecule has 0 spiro atoms. The Morgan fingerprint density at radius 3 is 2.77 bits per heavy atom. The number of aromatic nitrogens is 1. The molecule has 6 heteroatoms. The molecule has 1 saturated heterocycles. The van der Waals surface area contributed by atoms with Gasteiger partial charge in [0.05, 0.1) is 13.2 Å². The number of hydrogen-bond donors (Lipinski definition) is 0. The van der Waals surface area contributed by atoms with Crippen LogP contribution in [0.3, 0.4) is 0 Å². The van der Waals surface area contributed by atoms with E-state index in [4.69, 9.17) is 9.47 Å². The van der Waals surface area contributed by atoms with E-state index in [0.29, 0.717) is 24.4 Å². The number of amides is 1. The van der Waals surface area contributed by atoms with E-state index >= 15 is 0 Å². The van der Waals surface area contributed by atoms with E-state index in [1.165, 1.54) is 0 Å². The molecular weight excluding hydrogens is 332 g/mol. The van der Waals surface area contributed by atoms with Gasteiger partial charge in [0, 0.05) is 17.8 Å². The molecule has 136 valence electrons. The molecule has 1 fully saturated rings. The van der Waals surface area contributed by atoms with Crippen molar-refractivity contribution in [3.05, 3.63) is 63.6 Å². The summed E-state index contributed by atoms with van der Waals surface area (Å²) in [5.41, 5.74) is 1.60. The van der Waals surface area contributed by atoms with Gasteiger partial charge in [-0.1, -0.05) is 30.3 Å². The van der Waals surface area contributed by atoms with Crippen molar-refractivity contribution in [2.45, 2.75) is 45.7 Å². The number of aryl methyl sites for hydroxylation is 1. The zero-order chi connectivity index (χ0) is 18.3. The van der Waals surface area contributed by atoms with E-state index in [1.54, 1.807) is 22.6 Å². The minimum absolute atomic E-state index is 0.0772. The first kappa shape index (κ1) is 16.8. The van der Waals surface area contributed by atoms with Gasteiger partial charge in [-0.25, -0.2) is 0 Å². The summed E-state index contributed by atoms with van der Waals surface area (Å²) >= 11 is 0. The van der Waals surface area contributed by atoms with Crippen LogP contribution in [0.2, 0.25) is 0 Å². The third kappa shape index (κ3) is 2.80. The molecule has 2 atom stereocenters. The van der Waals surface area contributed by atoms with Crippen LogP contribution in [0.25, 0.3) is 0 Å². The number of pyridine rings is 1. The first-order chi connectivity index (χ1) is 12.6. The summed E-state index contributed by atoms with van der Waals surface area (Å²) in [4.78, 5) is 27.6. The predicted molar refractivity (Wildman–Crippen MR) is 96.2 cm³/mol. The summed E-state index contributed by atoms with van der Waals surface area (Å²) < 4.78 is 13.5. The highest BCUT2D eigenvalue weighted by Gasteiger charge is 2.40. The molecule has 0 N–H and O–H groups in total. The van der Waals surface area contributed by atoms with Crippen molar-refractivity contribution in [2.24, 2.45) is 0 Å². The number of benzene rings is 1. The number of carbonyl (C=O) groups is 1. The Bertz CT molecular complexity index is 891. The summed E-state index contributed by atoms with van der Waals surface area (Å²) in [6.07, 6.45) is 2.23. The Morgan fingerprint density at radius 1 is 1.23 bits per heavy atom. The SMILES string of the molecule is Cc1cn2c(c(OCc3ccccc3)c1=O)C(=O)N1[C@H](C)CCO[C@H]1C2. The molecule has 2 aliphatic heterocycles. The van der Waals surface area contributed by atoms with Gasteiger partial charge >= 0.3 is 0 Å². The van der Waals surface area contributed by atoms with Crippen molar-refractivity contribution < 1.29 is 14.3 Å². The van der Waals surface area contributed by atoms with Gasteiger partial charge in [-0.15, -0.1) is 0 Å². The Morgan fingerprint density at radius 2 is 2.00 bits per heavy atom. The van der Waals surface area contributed by atoms with Gasteiger partial charge in [0.2, 0.25) is 5.43 Å². The molecule has 0 saturated carbocycles. The van der Waals surface area contributed by atoms with Gasteiger partial charge in [0.25, 0.3) is 5.91 Å². The molecule has 26 heavy (non-hydrogen) atoms. The van der Waals surface area contributed by atoms with Gasteiger partial charge in [0.15, 0.2) is 17.7 Å².